The van der Waals surface area contributed by atoms with E-state index in [9.17, 15) is 0 Å². The summed E-state index contributed by atoms with van der Waals surface area (Å²) < 4.78 is 7.01. The van der Waals surface area contributed by atoms with Crippen LogP contribution in [0.15, 0.2) is 24.5 Å². The highest BCUT2D eigenvalue weighted by Crippen LogP contribution is 2.20. The summed E-state index contributed by atoms with van der Waals surface area (Å²) in [5.74, 6) is 2.16. The molecule has 0 aromatic carbocycles. The normalized spacial score (nSPS) is 10.4. The van der Waals surface area contributed by atoms with Gasteiger partial charge in [0.25, 0.3) is 0 Å². The Bertz CT molecular complexity index is 492. The Hall–Kier alpha value is -2.04. The van der Waals surface area contributed by atoms with Crippen LogP contribution in [0.5, 0.6) is 5.88 Å². The quantitative estimate of drug-likeness (QED) is 0.846. The second-order valence-corrected chi connectivity index (χ2v) is 3.33. The molecule has 0 atom stereocenters. The fourth-order valence-electron chi connectivity index (χ4n) is 1.54. The molecule has 16 heavy (non-hydrogen) atoms. The standard InChI is InChI=1S/C11H14N4O/c1-3-9-13-6-7-15(9)10-5-4-8(12)11(14-10)16-2/h4-7H,3,12H2,1-2H3. The Kier molecular flexibility index (Phi) is 2.76. The zero-order valence-electron chi connectivity index (χ0n) is 9.34. The average molecular weight is 218 g/mol. The highest BCUT2D eigenvalue weighted by Gasteiger charge is 2.07. The topological polar surface area (TPSA) is 66.0 Å². The number of ether oxygens (including phenoxy) is 1. The predicted molar refractivity (Wildman–Crippen MR) is 61.7 cm³/mol. The van der Waals surface area contributed by atoms with Crippen LogP contribution in [0.25, 0.3) is 5.82 Å². The molecule has 0 spiro atoms. The van der Waals surface area contributed by atoms with Crippen molar-refractivity contribution in [1.29, 1.82) is 0 Å². The first kappa shape index (κ1) is 10.5. The molecule has 0 aliphatic carbocycles. The zero-order chi connectivity index (χ0) is 11.5. The number of nitrogens with two attached hydrogens (primary N) is 1. The van der Waals surface area contributed by atoms with Crippen LogP contribution in [-0.4, -0.2) is 21.6 Å². The van der Waals surface area contributed by atoms with Crippen LogP contribution < -0.4 is 10.5 Å². The number of nitrogen functional groups attached to an aromatic ring is 1. The molecule has 0 radical (unpaired) electrons. The lowest BCUT2D eigenvalue weighted by Crippen LogP contribution is -2.04. The van der Waals surface area contributed by atoms with E-state index >= 15 is 0 Å². The maximum atomic E-state index is 5.71. The predicted octanol–water partition coefficient (Wildman–Crippen LogP) is 1.42. The van der Waals surface area contributed by atoms with Crippen LogP contribution in [0.4, 0.5) is 5.69 Å². The molecule has 0 aliphatic rings. The fourth-order valence-corrected chi connectivity index (χ4v) is 1.54. The van der Waals surface area contributed by atoms with Crippen molar-refractivity contribution in [3.8, 4) is 11.7 Å². The van der Waals surface area contributed by atoms with Gasteiger partial charge in [0.15, 0.2) is 0 Å². The van der Waals surface area contributed by atoms with Crippen molar-refractivity contribution < 1.29 is 4.74 Å². The molecule has 0 saturated carbocycles. The summed E-state index contributed by atoms with van der Waals surface area (Å²) in [5.41, 5.74) is 6.24. The van der Waals surface area contributed by atoms with Crippen molar-refractivity contribution >= 4 is 5.69 Å². The smallest absolute Gasteiger partial charge is 0.238 e. The monoisotopic (exact) mass is 218 g/mol. The van der Waals surface area contributed by atoms with Gasteiger partial charge in [0, 0.05) is 18.8 Å². The van der Waals surface area contributed by atoms with Crippen molar-refractivity contribution in [1.82, 2.24) is 14.5 Å². The van der Waals surface area contributed by atoms with Crippen LogP contribution in [0.3, 0.4) is 0 Å². The third-order valence-corrected chi connectivity index (χ3v) is 2.35. The van der Waals surface area contributed by atoms with E-state index in [1.165, 1.54) is 0 Å². The molecule has 5 nitrogen and oxygen atoms in total. The second kappa shape index (κ2) is 4.22. The molecular weight excluding hydrogens is 204 g/mol. The molecule has 2 aromatic rings. The third-order valence-electron chi connectivity index (χ3n) is 2.35. The summed E-state index contributed by atoms with van der Waals surface area (Å²) in [7, 11) is 1.55. The minimum atomic E-state index is 0.438. The number of imidazole rings is 1. The van der Waals surface area contributed by atoms with E-state index in [0.717, 1.165) is 18.1 Å². The Labute approximate surface area is 93.9 Å². The molecule has 0 fully saturated rings. The number of aromatic nitrogens is 3. The van der Waals surface area contributed by atoms with Crippen molar-refractivity contribution in [2.45, 2.75) is 13.3 Å². The summed E-state index contributed by atoms with van der Waals surface area (Å²) in [5, 5.41) is 0. The van der Waals surface area contributed by atoms with E-state index < -0.39 is 0 Å². The first-order chi connectivity index (χ1) is 7.76. The van der Waals surface area contributed by atoms with Gasteiger partial charge < -0.3 is 10.5 Å². The lowest BCUT2D eigenvalue weighted by molar-refractivity contribution is 0.399. The van der Waals surface area contributed by atoms with E-state index in [1.807, 2.05) is 23.8 Å². The van der Waals surface area contributed by atoms with Gasteiger partial charge in [0.05, 0.1) is 12.8 Å². The van der Waals surface area contributed by atoms with Gasteiger partial charge in [-0.05, 0) is 12.1 Å². The largest absolute Gasteiger partial charge is 0.479 e. The van der Waals surface area contributed by atoms with Gasteiger partial charge in [0.1, 0.15) is 11.6 Å². The number of hydrogen-bond acceptors (Lipinski definition) is 4. The molecule has 84 valence electrons. The molecular formula is C11H14N4O. The SMILES string of the molecule is CCc1nccn1-c1ccc(N)c(OC)n1. The number of anilines is 1. The average Bonchev–Trinajstić information content (AvgIpc) is 2.78. The highest BCUT2D eigenvalue weighted by molar-refractivity contribution is 5.50. The lowest BCUT2D eigenvalue weighted by Gasteiger charge is -2.08. The van der Waals surface area contributed by atoms with Gasteiger partial charge in [-0.2, -0.15) is 4.98 Å². The second-order valence-electron chi connectivity index (χ2n) is 3.33. The number of aryl methyl sites for hydroxylation is 1. The van der Waals surface area contributed by atoms with Crippen LogP contribution in [-0.2, 0) is 6.42 Å². The summed E-state index contributed by atoms with van der Waals surface area (Å²) in [4.78, 5) is 8.56. The van der Waals surface area contributed by atoms with E-state index in [2.05, 4.69) is 9.97 Å². The molecule has 0 aliphatic heterocycles. The number of rotatable bonds is 3. The molecule has 2 N–H and O–H groups in total. The summed E-state index contributed by atoms with van der Waals surface area (Å²) >= 11 is 0. The van der Waals surface area contributed by atoms with Gasteiger partial charge in [-0.25, -0.2) is 4.98 Å². The lowest BCUT2D eigenvalue weighted by atomic mass is 10.4. The minimum absolute atomic E-state index is 0.438. The Balaban J connectivity index is 2.48. The van der Waals surface area contributed by atoms with Crippen LogP contribution in [0.2, 0.25) is 0 Å². The third kappa shape index (κ3) is 1.71. The molecule has 0 amide bonds. The van der Waals surface area contributed by atoms with Gasteiger partial charge >= 0.3 is 0 Å². The fraction of sp³-hybridized carbons (Fsp3) is 0.273. The minimum Gasteiger partial charge on any atom is -0.479 e. The first-order valence-corrected chi connectivity index (χ1v) is 5.09. The Morgan fingerprint density at radius 2 is 2.25 bits per heavy atom. The molecule has 0 saturated heterocycles. The molecule has 0 unspecified atom stereocenters. The maximum absolute atomic E-state index is 5.71. The number of hydrogen-bond donors (Lipinski definition) is 1. The molecule has 2 rings (SSSR count). The van der Waals surface area contributed by atoms with Crippen molar-refractivity contribution in [3.05, 3.63) is 30.4 Å². The summed E-state index contributed by atoms with van der Waals surface area (Å²) in [6.07, 6.45) is 4.47. The molecule has 0 bridgehead atoms. The van der Waals surface area contributed by atoms with E-state index in [4.69, 9.17) is 10.5 Å². The van der Waals surface area contributed by atoms with Gasteiger partial charge in [0.2, 0.25) is 5.88 Å². The van der Waals surface area contributed by atoms with Gasteiger partial charge in [-0.3, -0.25) is 4.57 Å². The van der Waals surface area contributed by atoms with E-state index in [-0.39, 0.29) is 0 Å². The zero-order valence-corrected chi connectivity index (χ0v) is 9.34. The molecule has 2 heterocycles. The Morgan fingerprint density at radius 1 is 1.44 bits per heavy atom. The number of nitrogens with zero attached hydrogens (tertiary/aromatic N) is 3. The van der Waals surface area contributed by atoms with Crippen LogP contribution in [0.1, 0.15) is 12.7 Å². The summed E-state index contributed by atoms with van der Waals surface area (Å²) in [6.45, 7) is 2.05. The van der Waals surface area contributed by atoms with E-state index in [0.29, 0.717) is 11.6 Å². The van der Waals surface area contributed by atoms with Crippen LogP contribution >= 0.6 is 0 Å². The molecule has 2 aromatic heterocycles. The van der Waals surface area contributed by atoms with Crippen molar-refractivity contribution in [2.75, 3.05) is 12.8 Å². The van der Waals surface area contributed by atoms with Crippen molar-refractivity contribution in [2.24, 2.45) is 0 Å². The number of pyridine rings is 1. The van der Waals surface area contributed by atoms with Gasteiger partial charge in [-0.1, -0.05) is 6.92 Å². The van der Waals surface area contributed by atoms with E-state index in [1.54, 1.807) is 19.4 Å². The highest BCUT2D eigenvalue weighted by atomic mass is 16.5. The number of methoxy groups -OCH3 is 1. The molecule has 5 heteroatoms. The Morgan fingerprint density at radius 3 is 2.94 bits per heavy atom. The van der Waals surface area contributed by atoms with Crippen molar-refractivity contribution in [3.63, 3.8) is 0 Å². The van der Waals surface area contributed by atoms with Gasteiger partial charge in [-0.15, -0.1) is 0 Å². The summed E-state index contributed by atoms with van der Waals surface area (Å²) in [6, 6.07) is 3.62. The maximum Gasteiger partial charge on any atom is 0.238 e. The first-order valence-electron chi connectivity index (χ1n) is 5.09. The van der Waals surface area contributed by atoms with Crippen LogP contribution in [0, 0.1) is 0 Å².